The molecule has 1 heterocycles. The van der Waals surface area contributed by atoms with E-state index in [0.29, 0.717) is 18.7 Å². The Kier molecular flexibility index (Phi) is 4.74. The van der Waals surface area contributed by atoms with Crippen molar-refractivity contribution in [2.45, 2.75) is 19.9 Å². The van der Waals surface area contributed by atoms with Gasteiger partial charge in [0.1, 0.15) is 0 Å². The summed E-state index contributed by atoms with van der Waals surface area (Å²) in [6, 6.07) is 4.43. The minimum absolute atomic E-state index is 0.0666. The Balaban J connectivity index is 2.29. The van der Waals surface area contributed by atoms with E-state index in [2.05, 4.69) is 5.32 Å². The minimum Gasteiger partial charge on any atom is -0.487 e. The smallest absolute Gasteiger partial charge is 0.311 e. The third-order valence-corrected chi connectivity index (χ3v) is 3.46. The molecule has 0 bridgehead atoms. The van der Waals surface area contributed by atoms with Crippen LogP contribution in [0, 0.1) is 10.1 Å². The van der Waals surface area contributed by atoms with Crippen molar-refractivity contribution in [1.82, 2.24) is 10.2 Å². The molecule has 0 saturated carbocycles. The van der Waals surface area contributed by atoms with Gasteiger partial charge in [-0.15, -0.1) is 0 Å². The second-order valence-electron chi connectivity index (χ2n) is 4.92. The van der Waals surface area contributed by atoms with E-state index in [9.17, 15) is 14.9 Å². The van der Waals surface area contributed by atoms with Gasteiger partial charge in [0.25, 0.3) is 5.91 Å². The van der Waals surface area contributed by atoms with Crippen LogP contribution >= 0.6 is 0 Å². The zero-order chi connectivity index (χ0) is 15.4. The van der Waals surface area contributed by atoms with E-state index < -0.39 is 4.92 Å². The SMILES string of the molecule is CCOc1ccc(C(=O)N2CCNCC2C)cc1[N+](=O)[O-]. The highest BCUT2D eigenvalue weighted by Gasteiger charge is 2.26. The zero-order valence-electron chi connectivity index (χ0n) is 12.2. The number of carbonyl (C=O) groups is 1. The molecule has 114 valence electrons. The number of ether oxygens (including phenoxy) is 1. The van der Waals surface area contributed by atoms with Crippen molar-refractivity contribution in [2.75, 3.05) is 26.2 Å². The summed E-state index contributed by atoms with van der Waals surface area (Å²) in [6.45, 7) is 6.10. The van der Waals surface area contributed by atoms with Gasteiger partial charge in [-0.25, -0.2) is 0 Å². The molecule has 1 amide bonds. The molecule has 0 aromatic heterocycles. The van der Waals surface area contributed by atoms with Crippen LogP contribution in [0.1, 0.15) is 24.2 Å². The Morgan fingerprint density at radius 2 is 2.33 bits per heavy atom. The van der Waals surface area contributed by atoms with Crippen molar-refractivity contribution in [2.24, 2.45) is 0 Å². The van der Waals surface area contributed by atoms with Crippen LogP contribution in [0.4, 0.5) is 5.69 Å². The van der Waals surface area contributed by atoms with E-state index in [-0.39, 0.29) is 23.4 Å². The normalized spacial score (nSPS) is 18.4. The summed E-state index contributed by atoms with van der Waals surface area (Å²) < 4.78 is 5.22. The molecule has 0 aliphatic carbocycles. The molecular weight excluding hydrogens is 274 g/mol. The van der Waals surface area contributed by atoms with Crippen molar-refractivity contribution < 1.29 is 14.5 Å². The average molecular weight is 293 g/mol. The van der Waals surface area contributed by atoms with Gasteiger partial charge < -0.3 is 15.0 Å². The lowest BCUT2D eigenvalue weighted by Gasteiger charge is -2.34. The molecule has 2 rings (SSSR count). The lowest BCUT2D eigenvalue weighted by molar-refractivity contribution is -0.385. The summed E-state index contributed by atoms with van der Waals surface area (Å²) in [7, 11) is 0. The van der Waals surface area contributed by atoms with Gasteiger partial charge in [-0.3, -0.25) is 14.9 Å². The van der Waals surface area contributed by atoms with Crippen LogP contribution in [0.3, 0.4) is 0 Å². The first kappa shape index (κ1) is 15.2. The molecule has 1 aromatic carbocycles. The van der Waals surface area contributed by atoms with Gasteiger partial charge in [-0.1, -0.05) is 0 Å². The van der Waals surface area contributed by atoms with Gasteiger partial charge >= 0.3 is 5.69 Å². The second kappa shape index (κ2) is 6.53. The summed E-state index contributed by atoms with van der Waals surface area (Å²) in [6.07, 6.45) is 0. The first-order valence-corrected chi connectivity index (χ1v) is 6.97. The lowest BCUT2D eigenvalue weighted by Crippen LogP contribution is -2.52. The van der Waals surface area contributed by atoms with E-state index >= 15 is 0 Å². The molecule has 7 heteroatoms. The summed E-state index contributed by atoms with van der Waals surface area (Å²) in [5, 5.41) is 14.3. The molecular formula is C14H19N3O4. The molecule has 1 aromatic rings. The molecule has 1 aliphatic heterocycles. The van der Waals surface area contributed by atoms with Crippen molar-refractivity contribution >= 4 is 11.6 Å². The largest absolute Gasteiger partial charge is 0.487 e. The standard InChI is InChI=1S/C14H19N3O4/c1-3-21-13-5-4-11(8-12(13)17(19)20)14(18)16-7-6-15-9-10(16)2/h4-5,8,10,15H,3,6-7,9H2,1-2H3. The molecule has 1 aliphatic rings. The van der Waals surface area contributed by atoms with Gasteiger partial charge in [0.15, 0.2) is 5.75 Å². The van der Waals surface area contributed by atoms with Gasteiger partial charge in [0, 0.05) is 37.3 Å². The Hall–Kier alpha value is -2.15. The van der Waals surface area contributed by atoms with Crippen LogP contribution in [-0.2, 0) is 0 Å². The Morgan fingerprint density at radius 3 is 2.95 bits per heavy atom. The van der Waals surface area contributed by atoms with Gasteiger partial charge in [-0.05, 0) is 26.0 Å². The molecule has 1 saturated heterocycles. The fourth-order valence-electron chi connectivity index (χ4n) is 2.38. The maximum absolute atomic E-state index is 12.5. The van der Waals surface area contributed by atoms with E-state index in [0.717, 1.165) is 13.1 Å². The van der Waals surface area contributed by atoms with Crippen LogP contribution in [0.15, 0.2) is 18.2 Å². The number of hydrogen-bond donors (Lipinski definition) is 1. The highest BCUT2D eigenvalue weighted by molar-refractivity contribution is 5.95. The lowest BCUT2D eigenvalue weighted by atomic mass is 10.1. The summed E-state index contributed by atoms with van der Waals surface area (Å²) >= 11 is 0. The Labute approximate surface area is 123 Å². The molecule has 21 heavy (non-hydrogen) atoms. The number of nitro groups is 1. The van der Waals surface area contributed by atoms with Crippen LogP contribution in [0.25, 0.3) is 0 Å². The molecule has 7 nitrogen and oxygen atoms in total. The third kappa shape index (κ3) is 3.30. The predicted octanol–water partition coefficient (Wildman–Crippen LogP) is 1.43. The Morgan fingerprint density at radius 1 is 1.57 bits per heavy atom. The van der Waals surface area contributed by atoms with Gasteiger partial charge in [0.05, 0.1) is 11.5 Å². The number of carbonyl (C=O) groups excluding carboxylic acids is 1. The number of amides is 1. The first-order valence-electron chi connectivity index (χ1n) is 6.97. The number of nitrogens with zero attached hydrogens (tertiary/aromatic N) is 2. The zero-order valence-corrected chi connectivity index (χ0v) is 12.2. The Bertz CT molecular complexity index is 547. The first-order chi connectivity index (χ1) is 10.0. The molecule has 0 spiro atoms. The highest BCUT2D eigenvalue weighted by atomic mass is 16.6. The van der Waals surface area contributed by atoms with E-state index in [4.69, 9.17) is 4.74 Å². The number of rotatable bonds is 4. The average Bonchev–Trinajstić information content (AvgIpc) is 2.47. The molecule has 1 unspecified atom stereocenters. The van der Waals surface area contributed by atoms with Crippen LogP contribution in [-0.4, -0.2) is 48.0 Å². The highest BCUT2D eigenvalue weighted by Crippen LogP contribution is 2.28. The second-order valence-corrected chi connectivity index (χ2v) is 4.92. The topological polar surface area (TPSA) is 84.7 Å². The number of nitro benzene ring substituents is 1. The number of piperazine rings is 1. The number of nitrogens with one attached hydrogen (secondary N) is 1. The summed E-state index contributed by atoms with van der Waals surface area (Å²) in [5.74, 6) is 0.00237. The monoisotopic (exact) mass is 293 g/mol. The molecule has 1 fully saturated rings. The van der Waals surface area contributed by atoms with Crippen molar-refractivity contribution in [3.8, 4) is 5.75 Å². The fourth-order valence-corrected chi connectivity index (χ4v) is 2.38. The molecule has 0 radical (unpaired) electrons. The third-order valence-electron chi connectivity index (χ3n) is 3.46. The molecule has 1 N–H and O–H groups in total. The van der Waals surface area contributed by atoms with Gasteiger partial charge in [-0.2, -0.15) is 0 Å². The minimum atomic E-state index is -0.525. The molecule has 1 atom stereocenters. The van der Waals surface area contributed by atoms with Crippen LogP contribution in [0.2, 0.25) is 0 Å². The summed E-state index contributed by atoms with van der Waals surface area (Å²) in [4.78, 5) is 24.8. The maximum atomic E-state index is 12.5. The van der Waals surface area contributed by atoms with E-state index in [1.165, 1.54) is 12.1 Å². The van der Waals surface area contributed by atoms with Gasteiger partial charge in [0.2, 0.25) is 0 Å². The predicted molar refractivity (Wildman–Crippen MR) is 77.6 cm³/mol. The van der Waals surface area contributed by atoms with Crippen LogP contribution < -0.4 is 10.1 Å². The summed E-state index contributed by atoms with van der Waals surface area (Å²) in [5.41, 5.74) is 0.143. The van der Waals surface area contributed by atoms with Crippen molar-refractivity contribution in [1.29, 1.82) is 0 Å². The van der Waals surface area contributed by atoms with E-state index in [1.807, 2.05) is 6.92 Å². The quantitative estimate of drug-likeness (QED) is 0.670. The number of benzene rings is 1. The van der Waals surface area contributed by atoms with Crippen molar-refractivity contribution in [3.63, 3.8) is 0 Å². The fraction of sp³-hybridized carbons (Fsp3) is 0.500. The maximum Gasteiger partial charge on any atom is 0.311 e. The van der Waals surface area contributed by atoms with E-state index in [1.54, 1.807) is 17.9 Å². The van der Waals surface area contributed by atoms with Crippen LogP contribution in [0.5, 0.6) is 5.75 Å². The number of hydrogen-bond acceptors (Lipinski definition) is 5. The van der Waals surface area contributed by atoms with Crippen molar-refractivity contribution in [3.05, 3.63) is 33.9 Å².